The maximum absolute atomic E-state index is 4.92. The molecule has 0 aliphatic heterocycles. The van der Waals surface area contributed by atoms with Crippen molar-refractivity contribution < 1.29 is 0 Å². The lowest BCUT2D eigenvalue weighted by atomic mass is 9.88. The number of thiazole rings is 1. The summed E-state index contributed by atoms with van der Waals surface area (Å²) in [5, 5.41) is 5.95. The van der Waals surface area contributed by atoms with Gasteiger partial charge in [-0.25, -0.2) is 4.98 Å². The number of benzene rings is 1. The molecule has 4 nitrogen and oxygen atoms in total. The number of aryl methyl sites for hydroxylation is 3. The average molecular weight is 435 g/mol. The number of rotatable bonds is 8. The van der Waals surface area contributed by atoms with Gasteiger partial charge in [0.25, 0.3) is 0 Å². The fourth-order valence-electron chi connectivity index (χ4n) is 5.76. The molecule has 2 aliphatic carbocycles. The third-order valence-corrected chi connectivity index (χ3v) is 8.51. The van der Waals surface area contributed by atoms with E-state index in [1.807, 2.05) is 11.3 Å². The Bertz CT molecular complexity index is 1020. The number of hydrogen-bond acceptors (Lipinski definition) is 4. The zero-order chi connectivity index (χ0) is 21.4. The minimum Gasteiger partial charge on any atom is -0.351 e. The Labute approximate surface area is 190 Å². The van der Waals surface area contributed by atoms with Gasteiger partial charge in [-0.15, -0.1) is 11.3 Å². The summed E-state index contributed by atoms with van der Waals surface area (Å²) in [7, 11) is 2.11. The van der Waals surface area contributed by atoms with Crippen LogP contribution >= 0.6 is 11.3 Å². The van der Waals surface area contributed by atoms with E-state index in [1.54, 1.807) is 0 Å². The van der Waals surface area contributed by atoms with Crippen molar-refractivity contribution in [3.8, 4) is 10.6 Å². The first-order valence-electron chi connectivity index (χ1n) is 11.9. The summed E-state index contributed by atoms with van der Waals surface area (Å²) in [6.45, 7) is 6.46. The van der Waals surface area contributed by atoms with Crippen molar-refractivity contribution in [1.82, 2.24) is 14.8 Å². The highest BCUT2D eigenvalue weighted by atomic mass is 32.1. The van der Waals surface area contributed by atoms with Crippen molar-refractivity contribution >= 4 is 17.2 Å². The summed E-state index contributed by atoms with van der Waals surface area (Å²) in [4.78, 5) is 8.90. The average Bonchev–Trinajstić information content (AvgIpc) is 3.54. The Morgan fingerprint density at radius 2 is 2.00 bits per heavy atom. The first-order chi connectivity index (χ1) is 15.1. The first-order valence-corrected chi connectivity index (χ1v) is 12.7. The second-order valence-electron chi connectivity index (χ2n) is 9.58. The number of hydrogen-bond donors (Lipinski definition) is 0. The summed E-state index contributed by atoms with van der Waals surface area (Å²) in [6, 6.07) is 12.9. The van der Waals surface area contributed by atoms with Gasteiger partial charge in [-0.05, 0) is 50.4 Å². The number of nitrogens with zero attached hydrogens (tertiary/aromatic N) is 4. The van der Waals surface area contributed by atoms with E-state index in [2.05, 4.69) is 66.9 Å². The Morgan fingerprint density at radius 1 is 1.16 bits per heavy atom. The number of anilines is 1. The van der Waals surface area contributed by atoms with E-state index in [0.717, 1.165) is 54.4 Å². The lowest BCUT2D eigenvalue weighted by Crippen LogP contribution is -2.32. The highest BCUT2D eigenvalue weighted by molar-refractivity contribution is 7.15. The van der Waals surface area contributed by atoms with Crippen LogP contribution < -0.4 is 4.90 Å². The van der Waals surface area contributed by atoms with Gasteiger partial charge in [0.05, 0.1) is 17.9 Å². The van der Waals surface area contributed by atoms with Crippen LogP contribution in [0.3, 0.4) is 0 Å². The highest BCUT2D eigenvalue weighted by Crippen LogP contribution is 2.49. The normalized spacial score (nSPS) is 22.4. The molecule has 2 fully saturated rings. The van der Waals surface area contributed by atoms with E-state index in [9.17, 15) is 0 Å². The fraction of sp³-hybridized carbons (Fsp3) is 0.538. The SMILES string of the molecule is CCCc1cc(N(Cc2sc(-c3ccccc3)nc2C)CC2CC3CCC2C3)n(C)n1. The highest BCUT2D eigenvalue weighted by Gasteiger charge is 2.40. The third-order valence-electron chi connectivity index (χ3n) is 7.32. The predicted molar refractivity (Wildman–Crippen MR) is 129 cm³/mol. The molecular formula is C26H34N4S. The van der Waals surface area contributed by atoms with Crippen LogP contribution in [-0.4, -0.2) is 21.3 Å². The minimum atomic E-state index is 0.824. The molecule has 0 saturated heterocycles. The second kappa shape index (κ2) is 8.78. The van der Waals surface area contributed by atoms with Crippen molar-refractivity contribution in [2.45, 2.75) is 58.9 Å². The molecule has 1 aromatic carbocycles. The van der Waals surface area contributed by atoms with Crippen LogP contribution in [-0.2, 0) is 20.0 Å². The molecule has 3 atom stereocenters. The third kappa shape index (κ3) is 4.30. The van der Waals surface area contributed by atoms with Crippen molar-refractivity contribution in [3.63, 3.8) is 0 Å². The van der Waals surface area contributed by atoms with Gasteiger partial charge in [0.15, 0.2) is 0 Å². The van der Waals surface area contributed by atoms with Crippen LogP contribution in [0.15, 0.2) is 36.4 Å². The smallest absolute Gasteiger partial charge is 0.127 e. The monoisotopic (exact) mass is 434 g/mol. The molecular weight excluding hydrogens is 400 g/mol. The quantitative estimate of drug-likeness (QED) is 0.420. The molecule has 164 valence electrons. The maximum Gasteiger partial charge on any atom is 0.127 e. The molecule has 2 aliphatic rings. The van der Waals surface area contributed by atoms with Gasteiger partial charge in [-0.1, -0.05) is 50.1 Å². The standard InChI is InChI=1S/C26H34N4S/c1-4-8-23-15-25(29(3)28-23)30(16-22-14-19-11-12-21(22)13-19)17-24-18(2)27-26(31-24)20-9-6-5-7-10-20/h5-7,9-10,15,19,21-22H,4,8,11-14,16-17H2,1-3H3. The Balaban J connectivity index is 1.42. The lowest BCUT2D eigenvalue weighted by Gasteiger charge is -2.31. The van der Waals surface area contributed by atoms with Gasteiger partial charge < -0.3 is 4.90 Å². The molecule has 3 unspecified atom stereocenters. The molecule has 2 heterocycles. The summed E-state index contributed by atoms with van der Waals surface area (Å²) in [6.07, 6.45) is 7.96. The zero-order valence-electron chi connectivity index (χ0n) is 19.1. The van der Waals surface area contributed by atoms with Gasteiger partial charge in [-0.2, -0.15) is 5.10 Å². The Hall–Kier alpha value is -2.14. The molecule has 0 radical (unpaired) electrons. The lowest BCUT2D eigenvalue weighted by molar-refractivity contribution is 0.332. The van der Waals surface area contributed by atoms with Crippen LogP contribution in [0, 0.1) is 24.7 Å². The zero-order valence-corrected chi connectivity index (χ0v) is 19.9. The number of fused-ring (bicyclic) bond motifs is 2. The van der Waals surface area contributed by atoms with Crippen LogP contribution in [0.4, 0.5) is 5.82 Å². The molecule has 0 amide bonds. The predicted octanol–water partition coefficient (Wildman–Crippen LogP) is 6.25. The van der Waals surface area contributed by atoms with E-state index in [0.29, 0.717) is 0 Å². The minimum absolute atomic E-state index is 0.824. The topological polar surface area (TPSA) is 34.0 Å². The van der Waals surface area contributed by atoms with E-state index in [4.69, 9.17) is 10.1 Å². The summed E-state index contributed by atoms with van der Waals surface area (Å²) in [5.74, 6) is 4.00. The number of aromatic nitrogens is 3. The van der Waals surface area contributed by atoms with Crippen molar-refractivity contribution in [1.29, 1.82) is 0 Å². The maximum atomic E-state index is 4.92. The molecule has 0 spiro atoms. The Kier molecular flexibility index (Phi) is 5.87. The van der Waals surface area contributed by atoms with Gasteiger partial charge in [0.1, 0.15) is 10.8 Å². The fourth-order valence-corrected chi connectivity index (χ4v) is 6.85. The van der Waals surface area contributed by atoms with Gasteiger partial charge in [0.2, 0.25) is 0 Å². The van der Waals surface area contributed by atoms with Gasteiger partial charge in [0, 0.05) is 30.1 Å². The van der Waals surface area contributed by atoms with E-state index < -0.39 is 0 Å². The molecule has 31 heavy (non-hydrogen) atoms. The summed E-state index contributed by atoms with van der Waals surface area (Å²) >= 11 is 1.85. The molecule has 2 saturated carbocycles. The van der Waals surface area contributed by atoms with E-state index in [-0.39, 0.29) is 0 Å². The van der Waals surface area contributed by atoms with Crippen LogP contribution in [0.5, 0.6) is 0 Å². The van der Waals surface area contributed by atoms with Gasteiger partial charge in [-0.3, -0.25) is 4.68 Å². The van der Waals surface area contributed by atoms with Crippen LogP contribution in [0.1, 0.15) is 55.3 Å². The van der Waals surface area contributed by atoms with Gasteiger partial charge >= 0.3 is 0 Å². The van der Waals surface area contributed by atoms with Crippen molar-refractivity contribution in [2.24, 2.45) is 24.8 Å². The first kappa shape index (κ1) is 20.7. The second-order valence-corrected chi connectivity index (χ2v) is 10.7. The van der Waals surface area contributed by atoms with Crippen LogP contribution in [0.25, 0.3) is 10.6 Å². The molecule has 5 heteroatoms. The molecule has 2 bridgehead atoms. The van der Waals surface area contributed by atoms with Crippen molar-refractivity contribution in [3.05, 3.63) is 52.7 Å². The molecule has 5 rings (SSSR count). The largest absolute Gasteiger partial charge is 0.351 e. The van der Waals surface area contributed by atoms with Crippen molar-refractivity contribution in [2.75, 3.05) is 11.4 Å². The van der Waals surface area contributed by atoms with E-state index >= 15 is 0 Å². The molecule has 2 aromatic heterocycles. The summed E-state index contributed by atoms with van der Waals surface area (Å²) in [5.41, 5.74) is 3.59. The molecule has 3 aromatic rings. The van der Waals surface area contributed by atoms with Crippen LogP contribution in [0.2, 0.25) is 0 Å². The summed E-state index contributed by atoms with van der Waals surface area (Å²) < 4.78 is 2.10. The van der Waals surface area contributed by atoms with E-state index in [1.165, 1.54) is 47.6 Å². The Morgan fingerprint density at radius 3 is 2.71 bits per heavy atom. The molecule has 0 N–H and O–H groups in total.